The third kappa shape index (κ3) is 5.21. The molecule has 10 heteroatoms. The number of benzene rings is 3. The van der Waals surface area contributed by atoms with Crippen molar-refractivity contribution in [1.82, 2.24) is 25.0 Å². The molecule has 1 N–H and O–H groups in total. The summed E-state index contributed by atoms with van der Waals surface area (Å²) in [6, 6.07) is 20.6. The second-order valence-corrected chi connectivity index (χ2v) is 9.94. The molecular weight excluding hydrogens is 515 g/mol. The first-order chi connectivity index (χ1) is 17.4. The maximum atomic E-state index is 13.5. The van der Waals surface area contributed by atoms with E-state index in [0.717, 1.165) is 22.2 Å². The van der Waals surface area contributed by atoms with Crippen molar-refractivity contribution in [2.75, 3.05) is 5.32 Å². The van der Waals surface area contributed by atoms with Gasteiger partial charge >= 0.3 is 0 Å². The van der Waals surface area contributed by atoms with Gasteiger partial charge in [-0.05, 0) is 49.6 Å². The number of hydrogen-bond acceptors (Lipinski definition) is 6. The van der Waals surface area contributed by atoms with E-state index in [-0.39, 0.29) is 11.6 Å². The summed E-state index contributed by atoms with van der Waals surface area (Å²) in [5, 5.41) is 15.0. The van der Waals surface area contributed by atoms with Crippen LogP contribution in [0.2, 0.25) is 10.0 Å². The summed E-state index contributed by atoms with van der Waals surface area (Å²) in [6.45, 7) is 3.84. The quantitative estimate of drug-likeness (QED) is 0.193. The van der Waals surface area contributed by atoms with Gasteiger partial charge in [-0.15, -0.1) is 5.10 Å². The van der Waals surface area contributed by atoms with Gasteiger partial charge in [-0.2, -0.15) is 0 Å². The molecule has 0 atom stereocenters. The normalized spacial score (nSPS) is 11.1. The summed E-state index contributed by atoms with van der Waals surface area (Å²) in [6.07, 6.45) is 0. The Balaban J connectivity index is 1.53. The second kappa shape index (κ2) is 10.3. The predicted molar refractivity (Wildman–Crippen MR) is 144 cm³/mol. The van der Waals surface area contributed by atoms with Crippen LogP contribution >= 0.6 is 35.0 Å². The van der Waals surface area contributed by atoms with E-state index in [2.05, 4.69) is 25.6 Å². The second-order valence-electron chi connectivity index (χ2n) is 8.13. The molecule has 0 unspecified atom stereocenters. The number of anilines is 1. The minimum absolute atomic E-state index is 0.191. The minimum Gasteiger partial charge on any atom is -0.320 e. The van der Waals surface area contributed by atoms with Gasteiger partial charge in [-0.25, -0.2) is 14.6 Å². The SMILES string of the molecule is Cc1cc(C)nc(SCc2c(C(=O)Nc3cccc4ccccc34)nnn2-c2cc(Cl)cc(Cl)c2)n1. The molecule has 0 fully saturated rings. The fourth-order valence-electron chi connectivity index (χ4n) is 3.88. The molecule has 5 rings (SSSR count). The predicted octanol–water partition coefficient (Wildman–Crippen LogP) is 6.68. The van der Waals surface area contributed by atoms with Gasteiger partial charge in [0.1, 0.15) is 0 Å². The first-order valence-electron chi connectivity index (χ1n) is 11.0. The number of amides is 1. The molecular formula is C26H20Cl2N6OS. The Labute approximate surface area is 221 Å². The van der Waals surface area contributed by atoms with Crippen LogP contribution in [0.5, 0.6) is 0 Å². The van der Waals surface area contributed by atoms with Crippen LogP contribution in [0, 0.1) is 13.8 Å². The lowest BCUT2D eigenvalue weighted by atomic mass is 10.1. The van der Waals surface area contributed by atoms with E-state index in [1.165, 1.54) is 11.8 Å². The molecule has 0 radical (unpaired) electrons. The Kier molecular flexibility index (Phi) is 6.91. The molecule has 2 heterocycles. The Bertz CT molecular complexity index is 1560. The summed E-state index contributed by atoms with van der Waals surface area (Å²) in [5.74, 6) is -0.0270. The molecule has 5 aromatic rings. The van der Waals surface area contributed by atoms with E-state index in [1.807, 2.05) is 62.4 Å². The van der Waals surface area contributed by atoms with Crippen LogP contribution < -0.4 is 5.32 Å². The maximum absolute atomic E-state index is 13.5. The van der Waals surface area contributed by atoms with Crippen LogP contribution in [0.1, 0.15) is 27.6 Å². The summed E-state index contributed by atoms with van der Waals surface area (Å²) < 4.78 is 1.57. The van der Waals surface area contributed by atoms with Crippen LogP contribution in [0.4, 0.5) is 5.69 Å². The fraction of sp³-hybridized carbons (Fsp3) is 0.115. The summed E-state index contributed by atoms with van der Waals surface area (Å²) in [7, 11) is 0. The number of thioether (sulfide) groups is 1. The number of nitrogens with one attached hydrogen (secondary N) is 1. The molecule has 3 aromatic carbocycles. The lowest BCUT2D eigenvalue weighted by molar-refractivity contribution is 0.102. The summed E-state index contributed by atoms with van der Waals surface area (Å²) >= 11 is 13.9. The monoisotopic (exact) mass is 534 g/mol. The maximum Gasteiger partial charge on any atom is 0.278 e. The number of fused-ring (bicyclic) bond motifs is 1. The number of carbonyl (C=O) groups excluding carboxylic acids is 1. The third-order valence-electron chi connectivity index (χ3n) is 5.41. The molecule has 0 aliphatic heterocycles. The van der Waals surface area contributed by atoms with Crippen molar-refractivity contribution in [3.8, 4) is 5.69 Å². The molecule has 0 saturated heterocycles. The largest absolute Gasteiger partial charge is 0.320 e. The van der Waals surface area contributed by atoms with Crippen molar-refractivity contribution in [3.63, 3.8) is 0 Å². The molecule has 180 valence electrons. The van der Waals surface area contributed by atoms with Crippen LogP contribution in [0.25, 0.3) is 16.5 Å². The van der Waals surface area contributed by atoms with E-state index >= 15 is 0 Å². The first-order valence-corrected chi connectivity index (χ1v) is 12.8. The molecule has 1 amide bonds. The lowest BCUT2D eigenvalue weighted by Gasteiger charge is -2.11. The first kappa shape index (κ1) is 24.2. The Morgan fingerprint density at radius 1 is 0.944 bits per heavy atom. The number of halogens is 2. The van der Waals surface area contributed by atoms with Gasteiger partial charge in [0.05, 0.1) is 11.4 Å². The smallest absolute Gasteiger partial charge is 0.278 e. The van der Waals surface area contributed by atoms with Gasteiger partial charge in [-0.3, -0.25) is 4.79 Å². The lowest BCUT2D eigenvalue weighted by Crippen LogP contribution is -2.15. The number of carbonyl (C=O) groups is 1. The Morgan fingerprint density at radius 3 is 2.39 bits per heavy atom. The van der Waals surface area contributed by atoms with E-state index in [9.17, 15) is 4.79 Å². The van der Waals surface area contributed by atoms with Crippen molar-refractivity contribution in [2.24, 2.45) is 0 Å². The number of nitrogens with zero attached hydrogens (tertiary/aromatic N) is 5. The standard InChI is InChI=1S/C26H20Cl2N6OS/c1-15-10-16(2)30-26(29-15)36-14-23-24(32-33-34(23)20-12-18(27)11-19(28)13-20)25(35)31-22-9-5-7-17-6-3-4-8-21(17)22/h3-13H,14H2,1-2H3,(H,31,35). The highest BCUT2D eigenvalue weighted by molar-refractivity contribution is 7.98. The van der Waals surface area contributed by atoms with Gasteiger partial charge < -0.3 is 5.32 Å². The van der Waals surface area contributed by atoms with Crippen LogP contribution in [-0.2, 0) is 5.75 Å². The number of rotatable bonds is 6. The summed E-state index contributed by atoms with van der Waals surface area (Å²) in [5.41, 5.74) is 3.78. The molecule has 0 saturated carbocycles. The van der Waals surface area contributed by atoms with Gasteiger partial charge in [0.2, 0.25) is 0 Å². The van der Waals surface area contributed by atoms with E-state index < -0.39 is 0 Å². The van der Waals surface area contributed by atoms with Crippen LogP contribution in [0.3, 0.4) is 0 Å². The van der Waals surface area contributed by atoms with Gasteiger partial charge in [0.25, 0.3) is 5.91 Å². The average Bonchev–Trinajstić information content (AvgIpc) is 3.26. The van der Waals surface area contributed by atoms with Gasteiger partial charge in [0.15, 0.2) is 10.9 Å². The van der Waals surface area contributed by atoms with Crippen molar-refractivity contribution in [2.45, 2.75) is 24.8 Å². The van der Waals surface area contributed by atoms with Gasteiger partial charge in [0, 0.05) is 38.3 Å². The molecule has 7 nitrogen and oxygen atoms in total. The minimum atomic E-state index is -0.373. The van der Waals surface area contributed by atoms with Crippen molar-refractivity contribution in [1.29, 1.82) is 0 Å². The zero-order valence-corrected chi connectivity index (χ0v) is 21.7. The molecule has 36 heavy (non-hydrogen) atoms. The highest BCUT2D eigenvalue weighted by Gasteiger charge is 2.22. The van der Waals surface area contributed by atoms with Crippen molar-refractivity contribution >= 4 is 57.3 Å². The zero-order chi connectivity index (χ0) is 25.2. The number of aryl methyl sites for hydroxylation is 2. The van der Waals surface area contributed by atoms with Crippen LogP contribution in [0.15, 0.2) is 71.9 Å². The zero-order valence-electron chi connectivity index (χ0n) is 19.4. The van der Waals surface area contributed by atoms with E-state index in [1.54, 1.807) is 22.9 Å². The molecule has 0 aliphatic rings. The Hall–Kier alpha value is -3.46. The van der Waals surface area contributed by atoms with Crippen LogP contribution in [-0.4, -0.2) is 30.9 Å². The molecule has 0 spiro atoms. The topological polar surface area (TPSA) is 85.6 Å². The van der Waals surface area contributed by atoms with Crippen molar-refractivity contribution in [3.05, 3.63) is 99.6 Å². The Morgan fingerprint density at radius 2 is 1.64 bits per heavy atom. The molecule has 2 aromatic heterocycles. The average molecular weight is 535 g/mol. The highest BCUT2D eigenvalue weighted by Crippen LogP contribution is 2.28. The van der Waals surface area contributed by atoms with E-state index in [4.69, 9.17) is 23.2 Å². The highest BCUT2D eigenvalue weighted by atomic mass is 35.5. The molecule has 0 bridgehead atoms. The molecule has 0 aliphatic carbocycles. The van der Waals surface area contributed by atoms with Gasteiger partial charge in [-0.1, -0.05) is 76.6 Å². The third-order valence-corrected chi connectivity index (χ3v) is 6.70. The summed E-state index contributed by atoms with van der Waals surface area (Å²) in [4.78, 5) is 22.5. The van der Waals surface area contributed by atoms with E-state index in [0.29, 0.717) is 38.0 Å². The number of hydrogen-bond donors (Lipinski definition) is 1. The fourth-order valence-corrected chi connectivity index (χ4v) is 5.34. The number of aromatic nitrogens is 5. The van der Waals surface area contributed by atoms with Crippen molar-refractivity contribution < 1.29 is 4.79 Å².